The van der Waals surface area contributed by atoms with Crippen LogP contribution in [0.15, 0.2) is 24.4 Å². The highest BCUT2D eigenvalue weighted by Gasteiger charge is 2.09. The average Bonchev–Trinajstić information content (AvgIpc) is 2.32. The molecular formula is C13H14ClNO2. The lowest BCUT2D eigenvalue weighted by Crippen LogP contribution is -1.98. The first-order chi connectivity index (χ1) is 8.26. The Morgan fingerprint density at radius 2 is 1.76 bits per heavy atom. The summed E-state index contributed by atoms with van der Waals surface area (Å²) in [6.45, 7) is 5.07. The minimum absolute atomic E-state index is 0.478. The molecule has 0 spiro atoms. The van der Waals surface area contributed by atoms with E-state index in [0.717, 1.165) is 16.5 Å². The van der Waals surface area contributed by atoms with E-state index in [0.29, 0.717) is 24.1 Å². The predicted molar refractivity (Wildman–Crippen MR) is 69.1 cm³/mol. The molecule has 90 valence electrons. The Balaban J connectivity index is 2.59. The topological polar surface area (TPSA) is 31.4 Å². The quantitative estimate of drug-likeness (QED) is 0.777. The number of hydrogen-bond acceptors (Lipinski definition) is 3. The Bertz CT molecular complexity index is 528. The van der Waals surface area contributed by atoms with Crippen molar-refractivity contribution in [2.45, 2.75) is 13.8 Å². The molecule has 0 aliphatic heterocycles. The maximum absolute atomic E-state index is 6.05. The molecule has 0 N–H and O–H groups in total. The Kier molecular flexibility index (Phi) is 3.69. The van der Waals surface area contributed by atoms with E-state index < -0.39 is 0 Å². The minimum atomic E-state index is 0.478. The molecule has 0 radical (unpaired) electrons. The maximum atomic E-state index is 6.05. The highest BCUT2D eigenvalue weighted by atomic mass is 35.5. The van der Waals surface area contributed by atoms with Gasteiger partial charge in [-0.3, -0.25) is 0 Å². The van der Waals surface area contributed by atoms with Gasteiger partial charge in [0.2, 0.25) is 0 Å². The van der Waals surface area contributed by atoms with Gasteiger partial charge in [-0.1, -0.05) is 11.6 Å². The molecule has 1 aromatic carbocycles. The summed E-state index contributed by atoms with van der Waals surface area (Å²) in [6.07, 6.45) is 1.68. The molecule has 2 aromatic rings. The lowest BCUT2D eigenvalue weighted by Gasteiger charge is -2.12. The smallest absolute Gasteiger partial charge is 0.161 e. The summed E-state index contributed by atoms with van der Waals surface area (Å²) < 4.78 is 11.1. The van der Waals surface area contributed by atoms with Crippen molar-refractivity contribution in [2.75, 3.05) is 13.2 Å². The molecule has 17 heavy (non-hydrogen) atoms. The fourth-order valence-corrected chi connectivity index (χ4v) is 1.90. The summed E-state index contributed by atoms with van der Waals surface area (Å²) in [6, 6.07) is 5.70. The van der Waals surface area contributed by atoms with Gasteiger partial charge in [-0.05, 0) is 37.4 Å². The molecule has 0 saturated carbocycles. The van der Waals surface area contributed by atoms with Gasteiger partial charge in [-0.2, -0.15) is 0 Å². The van der Waals surface area contributed by atoms with Gasteiger partial charge in [0.05, 0.1) is 13.2 Å². The summed E-state index contributed by atoms with van der Waals surface area (Å²) in [7, 11) is 0. The molecule has 0 unspecified atom stereocenters. The van der Waals surface area contributed by atoms with E-state index >= 15 is 0 Å². The number of ether oxygens (including phenoxy) is 2. The Labute approximate surface area is 105 Å². The molecule has 1 heterocycles. The van der Waals surface area contributed by atoms with E-state index in [2.05, 4.69) is 4.98 Å². The lowest BCUT2D eigenvalue weighted by atomic mass is 10.1. The van der Waals surface area contributed by atoms with Gasteiger partial charge < -0.3 is 9.47 Å². The zero-order valence-electron chi connectivity index (χ0n) is 9.87. The third kappa shape index (κ3) is 2.44. The monoisotopic (exact) mass is 251 g/mol. The van der Waals surface area contributed by atoms with Crippen LogP contribution in [0.3, 0.4) is 0 Å². The SMILES string of the molecule is CCOc1cc2ccnc(Cl)c2cc1OCC. The summed E-state index contributed by atoms with van der Waals surface area (Å²) in [5.41, 5.74) is 0. The van der Waals surface area contributed by atoms with Crippen molar-refractivity contribution in [1.29, 1.82) is 0 Å². The number of pyridine rings is 1. The molecule has 0 atom stereocenters. The first-order valence-electron chi connectivity index (χ1n) is 5.60. The van der Waals surface area contributed by atoms with E-state index in [4.69, 9.17) is 21.1 Å². The highest BCUT2D eigenvalue weighted by molar-refractivity contribution is 6.34. The van der Waals surface area contributed by atoms with E-state index in [9.17, 15) is 0 Å². The van der Waals surface area contributed by atoms with Crippen molar-refractivity contribution in [3.8, 4) is 11.5 Å². The van der Waals surface area contributed by atoms with Crippen LogP contribution in [0.4, 0.5) is 0 Å². The molecule has 4 heteroatoms. The van der Waals surface area contributed by atoms with Crippen LogP contribution in [-0.2, 0) is 0 Å². The summed E-state index contributed by atoms with van der Waals surface area (Å²) >= 11 is 6.05. The van der Waals surface area contributed by atoms with Crippen LogP contribution in [0.2, 0.25) is 5.15 Å². The average molecular weight is 252 g/mol. The van der Waals surface area contributed by atoms with E-state index in [1.807, 2.05) is 32.0 Å². The second-order valence-corrected chi connectivity index (χ2v) is 3.85. The number of rotatable bonds is 4. The van der Waals surface area contributed by atoms with Gasteiger partial charge in [0.25, 0.3) is 0 Å². The molecule has 0 amide bonds. The fourth-order valence-electron chi connectivity index (χ4n) is 1.68. The van der Waals surface area contributed by atoms with Crippen LogP contribution in [0.1, 0.15) is 13.8 Å². The largest absolute Gasteiger partial charge is 0.490 e. The van der Waals surface area contributed by atoms with Gasteiger partial charge in [-0.15, -0.1) is 0 Å². The Morgan fingerprint density at radius 1 is 1.12 bits per heavy atom. The fraction of sp³-hybridized carbons (Fsp3) is 0.308. The Hall–Kier alpha value is -1.48. The zero-order valence-corrected chi connectivity index (χ0v) is 10.6. The third-order valence-corrected chi connectivity index (χ3v) is 2.68. The zero-order chi connectivity index (χ0) is 12.3. The molecule has 1 aromatic heterocycles. The number of fused-ring (bicyclic) bond motifs is 1. The first-order valence-corrected chi connectivity index (χ1v) is 5.98. The van der Waals surface area contributed by atoms with E-state index in [1.165, 1.54) is 0 Å². The predicted octanol–water partition coefficient (Wildman–Crippen LogP) is 3.69. The molecule has 0 aliphatic carbocycles. The lowest BCUT2D eigenvalue weighted by molar-refractivity contribution is 0.288. The Morgan fingerprint density at radius 3 is 2.41 bits per heavy atom. The molecule has 0 saturated heterocycles. The number of halogens is 1. The van der Waals surface area contributed by atoms with Crippen LogP contribution in [-0.4, -0.2) is 18.2 Å². The normalized spacial score (nSPS) is 10.5. The molecule has 3 nitrogen and oxygen atoms in total. The standard InChI is InChI=1S/C13H14ClNO2/c1-3-16-11-7-9-5-6-15-13(14)10(9)8-12(11)17-4-2/h5-8H,3-4H2,1-2H3. The summed E-state index contributed by atoms with van der Waals surface area (Å²) in [5, 5.41) is 2.35. The van der Waals surface area contributed by atoms with Crippen LogP contribution >= 0.6 is 11.6 Å². The molecule has 0 fully saturated rings. The summed E-state index contributed by atoms with van der Waals surface area (Å²) in [5.74, 6) is 1.45. The van der Waals surface area contributed by atoms with Crippen LogP contribution in [0.25, 0.3) is 10.8 Å². The van der Waals surface area contributed by atoms with Crippen molar-refractivity contribution in [3.63, 3.8) is 0 Å². The molecule has 0 bridgehead atoms. The van der Waals surface area contributed by atoms with Crippen molar-refractivity contribution in [2.24, 2.45) is 0 Å². The van der Waals surface area contributed by atoms with Crippen molar-refractivity contribution < 1.29 is 9.47 Å². The molecule has 2 rings (SSSR count). The van der Waals surface area contributed by atoms with Gasteiger partial charge in [0.15, 0.2) is 11.5 Å². The van der Waals surface area contributed by atoms with Crippen LogP contribution < -0.4 is 9.47 Å². The molecule has 0 aliphatic rings. The van der Waals surface area contributed by atoms with E-state index in [1.54, 1.807) is 6.20 Å². The number of hydrogen-bond donors (Lipinski definition) is 0. The number of nitrogens with zero attached hydrogens (tertiary/aromatic N) is 1. The second kappa shape index (κ2) is 5.23. The van der Waals surface area contributed by atoms with Crippen molar-refractivity contribution in [1.82, 2.24) is 4.98 Å². The van der Waals surface area contributed by atoms with E-state index in [-0.39, 0.29) is 0 Å². The van der Waals surface area contributed by atoms with Crippen molar-refractivity contribution in [3.05, 3.63) is 29.5 Å². The third-order valence-electron chi connectivity index (χ3n) is 2.38. The first kappa shape index (κ1) is 12.0. The second-order valence-electron chi connectivity index (χ2n) is 3.49. The van der Waals surface area contributed by atoms with Crippen LogP contribution in [0, 0.1) is 0 Å². The minimum Gasteiger partial charge on any atom is -0.490 e. The molecular weight excluding hydrogens is 238 g/mol. The van der Waals surface area contributed by atoms with Crippen LogP contribution in [0.5, 0.6) is 11.5 Å². The number of aromatic nitrogens is 1. The van der Waals surface area contributed by atoms with Gasteiger partial charge in [0, 0.05) is 11.6 Å². The maximum Gasteiger partial charge on any atom is 0.161 e. The highest BCUT2D eigenvalue weighted by Crippen LogP contribution is 2.34. The summed E-state index contributed by atoms with van der Waals surface area (Å²) in [4.78, 5) is 4.05. The van der Waals surface area contributed by atoms with Gasteiger partial charge in [0.1, 0.15) is 5.15 Å². The number of benzene rings is 1. The van der Waals surface area contributed by atoms with Gasteiger partial charge >= 0.3 is 0 Å². The van der Waals surface area contributed by atoms with Gasteiger partial charge in [-0.25, -0.2) is 4.98 Å². The van der Waals surface area contributed by atoms with Crippen molar-refractivity contribution >= 4 is 22.4 Å².